The summed E-state index contributed by atoms with van der Waals surface area (Å²) in [7, 11) is 0. The summed E-state index contributed by atoms with van der Waals surface area (Å²) in [5.74, 6) is 0. The first-order valence-electron chi connectivity index (χ1n) is 6.84. The molecule has 0 aromatic carbocycles. The number of hydrogen-bond acceptors (Lipinski definition) is 5. The van der Waals surface area contributed by atoms with Crippen LogP contribution in [0, 0.1) is 0 Å². The second-order valence-electron chi connectivity index (χ2n) is 4.41. The van der Waals surface area contributed by atoms with Crippen molar-refractivity contribution in [3.05, 3.63) is 11.1 Å². The van der Waals surface area contributed by atoms with E-state index in [-0.39, 0.29) is 0 Å². The lowest BCUT2D eigenvalue weighted by molar-refractivity contribution is 0.239. The quantitative estimate of drug-likeness (QED) is 0.748. The summed E-state index contributed by atoms with van der Waals surface area (Å²) in [6, 6.07) is 0. The van der Waals surface area contributed by atoms with Crippen molar-refractivity contribution in [1.82, 2.24) is 14.8 Å². The van der Waals surface area contributed by atoms with Crippen LogP contribution in [-0.4, -0.2) is 47.5 Å². The normalized spacial score (nSPS) is 11.6. The van der Waals surface area contributed by atoms with Crippen molar-refractivity contribution in [2.45, 2.75) is 33.7 Å². The van der Waals surface area contributed by atoms with Crippen molar-refractivity contribution in [3.63, 3.8) is 0 Å². The van der Waals surface area contributed by atoms with E-state index in [2.05, 4.69) is 35.6 Å². The molecule has 2 N–H and O–H groups in total. The van der Waals surface area contributed by atoms with Crippen molar-refractivity contribution in [2.24, 2.45) is 0 Å². The highest BCUT2D eigenvalue weighted by Crippen LogP contribution is 2.16. The molecule has 1 rings (SSSR count). The van der Waals surface area contributed by atoms with Gasteiger partial charge < -0.3 is 10.6 Å². The number of anilines is 1. The predicted octanol–water partition coefficient (Wildman–Crippen LogP) is 2.28. The average molecular weight is 270 g/mol. The van der Waals surface area contributed by atoms with Gasteiger partial charge in [-0.05, 0) is 39.1 Å². The van der Waals surface area contributed by atoms with E-state index in [0.29, 0.717) is 5.13 Å². The molecule has 18 heavy (non-hydrogen) atoms. The number of nitrogens with zero attached hydrogens (tertiary/aromatic N) is 3. The summed E-state index contributed by atoms with van der Waals surface area (Å²) in [5.41, 5.74) is 5.65. The number of aromatic nitrogens is 1. The Bertz CT molecular complexity index is 323. The zero-order valence-corrected chi connectivity index (χ0v) is 12.7. The van der Waals surface area contributed by atoms with E-state index in [9.17, 15) is 0 Å². The van der Waals surface area contributed by atoms with Gasteiger partial charge in [0.25, 0.3) is 0 Å². The highest BCUT2D eigenvalue weighted by molar-refractivity contribution is 7.15. The second kappa shape index (κ2) is 8.45. The summed E-state index contributed by atoms with van der Waals surface area (Å²) >= 11 is 1.59. The van der Waals surface area contributed by atoms with E-state index in [1.165, 1.54) is 17.8 Å². The molecule has 5 heteroatoms. The van der Waals surface area contributed by atoms with Crippen LogP contribution in [0.15, 0.2) is 6.20 Å². The molecule has 1 heterocycles. The molecule has 1 aromatic heterocycles. The van der Waals surface area contributed by atoms with Crippen LogP contribution < -0.4 is 5.73 Å². The minimum absolute atomic E-state index is 0.671. The maximum Gasteiger partial charge on any atom is 0.180 e. The van der Waals surface area contributed by atoms with E-state index in [1.54, 1.807) is 11.3 Å². The molecule has 0 radical (unpaired) electrons. The van der Waals surface area contributed by atoms with Gasteiger partial charge in [-0.1, -0.05) is 20.8 Å². The molecule has 0 fully saturated rings. The maximum atomic E-state index is 5.65. The Labute approximate surface area is 115 Å². The van der Waals surface area contributed by atoms with Crippen LogP contribution >= 0.6 is 11.3 Å². The Hall–Kier alpha value is -0.650. The molecule has 0 aliphatic carbocycles. The van der Waals surface area contributed by atoms with Gasteiger partial charge in [-0.15, -0.1) is 11.3 Å². The highest BCUT2D eigenvalue weighted by atomic mass is 32.1. The summed E-state index contributed by atoms with van der Waals surface area (Å²) in [6.07, 6.45) is 3.12. The van der Waals surface area contributed by atoms with Crippen LogP contribution in [-0.2, 0) is 6.54 Å². The van der Waals surface area contributed by atoms with E-state index >= 15 is 0 Å². The van der Waals surface area contributed by atoms with E-state index in [4.69, 9.17) is 5.73 Å². The molecule has 0 saturated heterocycles. The lowest BCUT2D eigenvalue weighted by atomic mass is 10.3. The third-order valence-electron chi connectivity index (χ3n) is 3.24. The fourth-order valence-electron chi connectivity index (χ4n) is 2.02. The first kappa shape index (κ1) is 15.4. The topological polar surface area (TPSA) is 45.4 Å². The fourth-order valence-corrected chi connectivity index (χ4v) is 2.75. The first-order chi connectivity index (χ1) is 8.69. The van der Waals surface area contributed by atoms with Crippen molar-refractivity contribution in [1.29, 1.82) is 0 Å². The average Bonchev–Trinajstić information content (AvgIpc) is 2.78. The lowest BCUT2D eigenvalue weighted by Gasteiger charge is -2.22. The van der Waals surface area contributed by atoms with Gasteiger partial charge >= 0.3 is 0 Å². The molecule has 0 aliphatic rings. The molecule has 1 aromatic rings. The van der Waals surface area contributed by atoms with Crippen LogP contribution in [0.3, 0.4) is 0 Å². The van der Waals surface area contributed by atoms with Gasteiger partial charge in [0.15, 0.2) is 5.13 Å². The van der Waals surface area contributed by atoms with Gasteiger partial charge in [0.2, 0.25) is 0 Å². The Kier molecular flexibility index (Phi) is 7.23. The van der Waals surface area contributed by atoms with Gasteiger partial charge in [-0.25, -0.2) is 4.98 Å². The molecule has 0 amide bonds. The standard InChI is InChI=1S/C13H26N4S/c1-4-16(5-2)8-7-9-17(6-3)11-12-10-15-13(14)18-12/h10H,4-9,11H2,1-3H3,(H2,14,15). The first-order valence-corrected chi connectivity index (χ1v) is 7.66. The summed E-state index contributed by atoms with van der Waals surface area (Å²) in [6.45, 7) is 13.3. The van der Waals surface area contributed by atoms with E-state index in [1.807, 2.05) is 6.20 Å². The van der Waals surface area contributed by atoms with Gasteiger partial charge in [-0.3, -0.25) is 4.90 Å². The van der Waals surface area contributed by atoms with Crippen LogP contribution in [0.5, 0.6) is 0 Å². The smallest absolute Gasteiger partial charge is 0.180 e. The van der Waals surface area contributed by atoms with Crippen molar-refractivity contribution in [2.75, 3.05) is 38.5 Å². The lowest BCUT2D eigenvalue weighted by Crippen LogP contribution is -2.29. The third-order valence-corrected chi connectivity index (χ3v) is 4.05. The predicted molar refractivity (Wildman–Crippen MR) is 79.9 cm³/mol. The molecule has 0 aliphatic heterocycles. The SMILES string of the molecule is CCN(CC)CCCN(CC)Cc1cnc(N)s1. The minimum atomic E-state index is 0.671. The summed E-state index contributed by atoms with van der Waals surface area (Å²) in [4.78, 5) is 10.3. The van der Waals surface area contributed by atoms with E-state index in [0.717, 1.165) is 32.7 Å². The highest BCUT2D eigenvalue weighted by Gasteiger charge is 2.07. The molecule has 0 saturated carbocycles. The minimum Gasteiger partial charge on any atom is -0.375 e. The number of hydrogen-bond donors (Lipinski definition) is 1. The summed E-state index contributed by atoms with van der Waals surface area (Å²) in [5, 5.41) is 0.671. The zero-order valence-electron chi connectivity index (χ0n) is 11.9. The molecular formula is C13H26N4S. The van der Waals surface area contributed by atoms with Crippen molar-refractivity contribution >= 4 is 16.5 Å². The monoisotopic (exact) mass is 270 g/mol. The molecule has 4 nitrogen and oxygen atoms in total. The molecule has 0 spiro atoms. The van der Waals surface area contributed by atoms with E-state index < -0.39 is 0 Å². The van der Waals surface area contributed by atoms with Crippen molar-refractivity contribution < 1.29 is 0 Å². The number of nitrogen functional groups attached to an aromatic ring is 1. The van der Waals surface area contributed by atoms with Gasteiger partial charge in [0.1, 0.15) is 0 Å². The Morgan fingerprint density at radius 2 is 1.72 bits per heavy atom. The number of rotatable bonds is 9. The summed E-state index contributed by atoms with van der Waals surface area (Å²) < 4.78 is 0. The Balaban J connectivity index is 2.29. The maximum absolute atomic E-state index is 5.65. The molecular weight excluding hydrogens is 244 g/mol. The molecule has 0 atom stereocenters. The number of nitrogens with two attached hydrogens (primary N) is 1. The van der Waals surface area contributed by atoms with Gasteiger partial charge in [0, 0.05) is 17.6 Å². The van der Waals surface area contributed by atoms with Crippen LogP contribution in [0.4, 0.5) is 5.13 Å². The zero-order chi connectivity index (χ0) is 13.4. The second-order valence-corrected chi connectivity index (χ2v) is 5.56. The Morgan fingerprint density at radius 1 is 1.11 bits per heavy atom. The largest absolute Gasteiger partial charge is 0.375 e. The molecule has 0 bridgehead atoms. The molecule has 104 valence electrons. The molecule has 0 unspecified atom stereocenters. The Morgan fingerprint density at radius 3 is 2.22 bits per heavy atom. The van der Waals surface area contributed by atoms with Gasteiger partial charge in [-0.2, -0.15) is 0 Å². The third kappa shape index (κ3) is 5.33. The van der Waals surface area contributed by atoms with Crippen molar-refractivity contribution in [3.8, 4) is 0 Å². The number of thiazole rings is 1. The van der Waals surface area contributed by atoms with Crippen LogP contribution in [0.2, 0.25) is 0 Å². The van der Waals surface area contributed by atoms with Crippen LogP contribution in [0.25, 0.3) is 0 Å². The van der Waals surface area contributed by atoms with Crippen LogP contribution in [0.1, 0.15) is 32.1 Å². The fraction of sp³-hybridized carbons (Fsp3) is 0.769. The van der Waals surface area contributed by atoms with Gasteiger partial charge in [0.05, 0.1) is 0 Å².